The fourth-order valence-corrected chi connectivity index (χ4v) is 1.65. The van der Waals surface area contributed by atoms with Gasteiger partial charge in [0.15, 0.2) is 5.78 Å². The van der Waals surface area contributed by atoms with E-state index in [0.717, 1.165) is 6.42 Å². The number of benzene rings is 1. The van der Waals surface area contributed by atoms with Gasteiger partial charge in [0.25, 0.3) is 0 Å². The van der Waals surface area contributed by atoms with Crippen LogP contribution in [0.5, 0.6) is 5.75 Å². The lowest BCUT2D eigenvalue weighted by molar-refractivity contribution is 0.0920. The molecular formula is C14H21NO2. The van der Waals surface area contributed by atoms with E-state index in [1.54, 1.807) is 7.11 Å². The molecular weight excluding hydrogens is 214 g/mol. The summed E-state index contributed by atoms with van der Waals surface area (Å²) in [5, 5.41) is 0. The number of hydrogen-bond donors (Lipinski definition) is 0. The lowest BCUT2D eigenvalue weighted by atomic mass is 10.1. The minimum atomic E-state index is 0.102. The van der Waals surface area contributed by atoms with E-state index < -0.39 is 0 Å². The Bertz CT molecular complexity index is 376. The Morgan fingerprint density at radius 2 is 2.06 bits per heavy atom. The van der Waals surface area contributed by atoms with Gasteiger partial charge in [-0.1, -0.05) is 19.1 Å². The number of Topliss-reactive ketones (excluding diaryl/α,β-unsaturated/α-hetero) is 1. The van der Waals surface area contributed by atoms with Crippen LogP contribution in [0.15, 0.2) is 24.3 Å². The van der Waals surface area contributed by atoms with Gasteiger partial charge in [-0.15, -0.1) is 0 Å². The van der Waals surface area contributed by atoms with Crippen LogP contribution in [0, 0.1) is 0 Å². The quantitative estimate of drug-likeness (QED) is 0.710. The van der Waals surface area contributed by atoms with Gasteiger partial charge in [0.2, 0.25) is 0 Å². The molecule has 17 heavy (non-hydrogen) atoms. The fraction of sp³-hybridized carbons (Fsp3) is 0.500. The molecule has 94 valence electrons. The summed E-state index contributed by atoms with van der Waals surface area (Å²) in [7, 11) is 3.56. The summed E-state index contributed by atoms with van der Waals surface area (Å²) in [6.07, 6.45) is 1.04. The topological polar surface area (TPSA) is 29.5 Å². The largest absolute Gasteiger partial charge is 0.496 e. The van der Waals surface area contributed by atoms with E-state index in [0.29, 0.717) is 23.9 Å². The summed E-state index contributed by atoms with van der Waals surface area (Å²) in [4.78, 5) is 14.2. The zero-order chi connectivity index (χ0) is 12.8. The maximum absolute atomic E-state index is 12.1. The predicted molar refractivity (Wildman–Crippen MR) is 69.7 cm³/mol. The summed E-state index contributed by atoms with van der Waals surface area (Å²) in [6, 6.07) is 7.77. The maximum atomic E-state index is 12.1. The predicted octanol–water partition coefficient (Wildman–Crippen LogP) is 2.61. The zero-order valence-corrected chi connectivity index (χ0v) is 11.1. The second kappa shape index (κ2) is 6.40. The smallest absolute Gasteiger partial charge is 0.180 e. The van der Waals surface area contributed by atoms with Crippen LogP contribution in [0.4, 0.5) is 0 Å². The van der Waals surface area contributed by atoms with E-state index in [9.17, 15) is 4.79 Å². The first-order chi connectivity index (χ1) is 8.10. The van der Waals surface area contributed by atoms with Crippen molar-refractivity contribution in [2.24, 2.45) is 0 Å². The van der Waals surface area contributed by atoms with Crippen molar-refractivity contribution in [3.8, 4) is 5.75 Å². The first-order valence-corrected chi connectivity index (χ1v) is 5.96. The van der Waals surface area contributed by atoms with Crippen LogP contribution in [-0.4, -0.2) is 37.4 Å². The molecule has 3 heteroatoms. The van der Waals surface area contributed by atoms with Gasteiger partial charge in [0, 0.05) is 6.04 Å². The summed E-state index contributed by atoms with van der Waals surface area (Å²) in [5.41, 5.74) is 0.658. The number of methoxy groups -OCH3 is 1. The third-order valence-electron chi connectivity index (χ3n) is 3.14. The van der Waals surface area contributed by atoms with Gasteiger partial charge >= 0.3 is 0 Å². The third-order valence-corrected chi connectivity index (χ3v) is 3.14. The van der Waals surface area contributed by atoms with E-state index >= 15 is 0 Å². The lowest BCUT2D eigenvalue weighted by Crippen LogP contribution is -2.33. The summed E-state index contributed by atoms with van der Waals surface area (Å²) >= 11 is 0. The van der Waals surface area contributed by atoms with E-state index in [1.165, 1.54) is 0 Å². The number of para-hydroxylation sites is 1. The third kappa shape index (κ3) is 3.56. The minimum absolute atomic E-state index is 0.102. The molecule has 0 saturated heterocycles. The first-order valence-electron chi connectivity index (χ1n) is 5.96. The van der Waals surface area contributed by atoms with Crippen LogP contribution < -0.4 is 4.74 Å². The van der Waals surface area contributed by atoms with E-state index in [4.69, 9.17) is 4.74 Å². The van der Waals surface area contributed by atoms with E-state index in [2.05, 4.69) is 18.7 Å². The normalized spacial score (nSPS) is 12.5. The molecule has 3 nitrogen and oxygen atoms in total. The van der Waals surface area contributed by atoms with Crippen molar-refractivity contribution in [1.82, 2.24) is 4.90 Å². The van der Waals surface area contributed by atoms with Crippen molar-refractivity contribution in [3.05, 3.63) is 29.8 Å². The number of carbonyl (C=O) groups is 1. The van der Waals surface area contributed by atoms with Crippen LogP contribution in [-0.2, 0) is 0 Å². The van der Waals surface area contributed by atoms with Gasteiger partial charge in [-0.05, 0) is 32.5 Å². The molecule has 0 aliphatic carbocycles. The molecule has 0 aromatic heterocycles. The van der Waals surface area contributed by atoms with Crippen molar-refractivity contribution in [2.75, 3.05) is 20.7 Å². The summed E-state index contributed by atoms with van der Waals surface area (Å²) < 4.78 is 5.20. The molecule has 1 rings (SSSR count). The second-order valence-electron chi connectivity index (χ2n) is 4.30. The number of carbonyl (C=O) groups excluding carboxylic acids is 1. The molecule has 1 aromatic carbocycles. The molecule has 0 aliphatic rings. The zero-order valence-electron chi connectivity index (χ0n) is 11.1. The molecule has 0 saturated carbocycles. The lowest BCUT2D eigenvalue weighted by Gasteiger charge is -2.22. The number of ether oxygens (including phenoxy) is 1. The van der Waals surface area contributed by atoms with Crippen LogP contribution in [0.25, 0.3) is 0 Å². The van der Waals surface area contributed by atoms with Gasteiger partial charge in [-0.25, -0.2) is 0 Å². The van der Waals surface area contributed by atoms with Gasteiger partial charge in [-0.2, -0.15) is 0 Å². The SMILES string of the molecule is CCC(C)N(C)CC(=O)c1ccccc1OC. The van der Waals surface area contributed by atoms with Gasteiger partial charge < -0.3 is 4.74 Å². The number of ketones is 1. The molecule has 0 N–H and O–H groups in total. The highest BCUT2D eigenvalue weighted by Crippen LogP contribution is 2.18. The van der Waals surface area contributed by atoms with Crippen LogP contribution in [0.2, 0.25) is 0 Å². The highest BCUT2D eigenvalue weighted by molar-refractivity contribution is 6.00. The molecule has 0 amide bonds. The van der Waals surface area contributed by atoms with Crippen LogP contribution in [0.3, 0.4) is 0 Å². The Hall–Kier alpha value is -1.35. The molecule has 1 aromatic rings. The van der Waals surface area contributed by atoms with Crippen molar-refractivity contribution in [2.45, 2.75) is 26.3 Å². The molecule has 0 radical (unpaired) electrons. The Morgan fingerprint density at radius 1 is 1.41 bits per heavy atom. The van der Waals surface area contributed by atoms with Crippen molar-refractivity contribution in [3.63, 3.8) is 0 Å². The highest BCUT2D eigenvalue weighted by Gasteiger charge is 2.15. The highest BCUT2D eigenvalue weighted by atomic mass is 16.5. The number of hydrogen-bond acceptors (Lipinski definition) is 3. The van der Waals surface area contributed by atoms with Crippen molar-refractivity contribution < 1.29 is 9.53 Å². The Kier molecular flexibility index (Phi) is 5.16. The molecule has 1 atom stereocenters. The maximum Gasteiger partial charge on any atom is 0.180 e. The second-order valence-corrected chi connectivity index (χ2v) is 4.30. The van der Waals surface area contributed by atoms with Gasteiger partial charge in [0.05, 0.1) is 19.2 Å². The molecule has 0 heterocycles. The Morgan fingerprint density at radius 3 is 2.65 bits per heavy atom. The van der Waals surface area contributed by atoms with Crippen molar-refractivity contribution >= 4 is 5.78 Å². The standard InChI is InChI=1S/C14H21NO2/c1-5-11(2)15(3)10-13(16)12-8-6-7-9-14(12)17-4/h6-9,11H,5,10H2,1-4H3. The number of nitrogens with zero attached hydrogens (tertiary/aromatic N) is 1. The molecule has 0 fully saturated rings. The minimum Gasteiger partial charge on any atom is -0.496 e. The van der Waals surface area contributed by atoms with Crippen LogP contribution in [0.1, 0.15) is 30.6 Å². The summed E-state index contributed by atoms with van der Waals surface area (Å²) in [6.45, 7) is 4.67. The molecule has 0 aliphatic heterocycles. The molecule has 0 bridgehead atoms. The van der Waals surface area contributed by atoms with Crippen molar-refractivity contribution in [1.29, 1.82) is 0 Å². The van der Waals surface area contributed by atoms with Gasteiger partial charge in [-0.3, -0.25) is 9.69 Å². The molecule has 1 unspecified atom stereocenters. The van der Waals surface area contributed by atoms with Gasteiger partial charge in [0.1, 0.15) is 5.75 Å². The average molecular weight is 235 g/mol. The summed E-state index contributed by atoms with van der Waals surface area (Å²) in [5.74, 6) is 0.750. The number of likely N-dealkylation sites (N-methyl/N-ethyl adjacent to an activating group) is 1. The number of rotatable bonds is 6. The van der Waals surface area contributed by atoms with Crippen LogP contribution >= 0.6 is 0 Å². The first kappa shape index (κ1) is 13.7. The molecule has 0 spiro atoms. The monoisotopic (exact) mass is 235 g/mol. The fourth-order valence-electron chi connectivity index (χ4n) is 1.65. The average Bonchev–Trinajstić information content (AvgIpc) is 2.37. The van der Waals surface area contributed by atoms with E-state index in [1.807, 2.05) is 31.3 Å². The Labute approximate surface area is 103 Å². The Balaban J connectivity index is 2.76. The van der Waals surface area contributed by atoms with E-state index in [-0.39, 0.29) is 5.78 Å².